The molecule has 0 saturated heterocycles. The van der Waals surface area contributed by atoms with Crippen molar-refractivity contribution in [2.24, 2.45) is 0 Å². The minimum absolute atomic E-state index is 0.137. The molecule has 0 spiro atoms. The normalized spacial score (nSPS) is 11.8. The second-order valence-electron chi connectivity index (χ2n) is 7.56. The van der Waals surface area contributed by atoms with Crippen LogP contribution in [0.25, 0.3) is 0 Å². The van der Waals surface area contributed by atoms with Crippen molar-refractivity contribution in [1.29, 1.82) is 0 Å². The van der Waals surface area contributed by atoms with Gasteiger partial charge in [0.05, 0.1) is 6.61 Å². The third-order valence-corrected chi connectivity index (χ3v) is 9.60. The number of rotatable bonds is 5. The van der Waals surface area contributed by atoms with E-state index in [2.05, 4.69) is 68.7 Å². The summed E-state index contributed by atoms with van der Waals surface area (Å²) < 4.78 is 6.81. The fourth-order valence-electron chi connectivity index (χ4n) is 3.40. The zero-order valence-electron chi connectivity index (χ0n) is 17.3. The highest BCUT2D eigenvalue weighted by Crippen LogP contribution is 2.36. The molecule has 0 bridgehead atoms. The van der Waals surface area contributed by atoms with Crippen LogP contribution in [0.3, 0.4) is 0 Å². The smallest absolute Gasteiger partial charge is 0.261 e. The van der Waals surface area contributed by atoms with Crippen molar-refractivity contribution in [1.82, 2.24) is 0 Å². The molecule has 0 aliphatic carbocycles. The van der Waals surface area contributed by atoms with Gasteiger partial charge in [-0.05, 0) is 15.4 Å². The first-order valence-corrected chi connectivity index (χ1v) is 11.5. The molecule has 0 aliphatic heterocycles. The average Bonchev–Trinajstić information content (AvgIpc) is 2.72. The largest absolute Gasteiger partial charge is 0.402 e. The summed E-state index contributed by atoms with van der Waals surface area (Å²) in [7, 11) is -2.67. The molecule has 0 aliphatic rings. The van der Waals surface area contributed by atoms with Crippen molar-refractivity contribution in [3.63, 3.8) is 0 Å². The summed E-state index contributed by atoms with van der Waals surface area (Å²) in [6, 6.07) is 20.8. The molecule has 0 unspecified atom stereocenters. The number of aliphatic hydroxyl groups is 2. The van der Waals surface area contributed by atoms with Crippen molar-refractivity contribution in [2.75, 3.05) is 19.8 Å². The van der Waals surface area contributed by atoms with Gasteiger partial charge in [0.25, 0.3) is 8.32 Å². The minimum atomic E-state index is -2.67. The second kappa shape index (κ2) is 10.8. The van der Waals surface area contributed by atoms with E-state index in [-0.39, 0.29) is 24.9 Å². The molecular weight excluding hydrogens is 376 g/mol. The number of hydrogen-bond donors (Lipinski definition) is 2. The molecule has 0 radical (unpaired) electrons. The van der Waals surface area contributed by atoms with Crippen LogP contribution in [-0.4, -0.2) is 38.4 Å². The summed E-state index contributed by atoms with van der Waals surface area (Å²) in [5.74, 6) is 11.0. The van der Waals surface area contributed by atoms with E-state index in [0.29, 0.717) is 5.57 Å². The Balaban J connectivity index is 2.57. The molecule has 0 fully saturated rings. The summed E-state index contributed by atoms with van der Waals surface area (Å²) in [6.45, 7) is 6.48. The van der Waals surface area contributed by atoms with Crippen molar-refractivity contribution >= 4 is 18.7 Å². The number of benzene rings is 2. The standard InChI is InChI=1S/C25H28O3Si/c1-25(2,3)29(23-15-6-4-7-16-23,24-17-8-5-9-18-24)28-21-22(14-12-20-27)13-10-11-19-26/h4-9,13,15-18,26-27H,19-21H2,1-3H3/b22-13+. The summed E-state index contributed by atoms with van der Waals surface area (Å²) in [5.41, 5.74) is 0.674. The lowest BCUT2D eigenvalue weighted by Crippen LogP contribution is -2.66. The van der Waals surface area contributed by atoms with E-state index in [9.17, 15) is 0 Å². The Kier molecular flexibility index (Phi) is 8.45. The Morgan fingerprint density at radius 3 is 1.86 bits per heavy atom. The van der Waals surface area contributed by atoms with E-state index >= 15 is 0 Å². The summed E-state index contributed by atoms with van der Waals surface area (Å²) in [6.07, 6.45) is 1.65. The van der Waals surface area contributed by atoms with Gasteiger partial charge in [-0.15, -0.1) is 0 Å². The van der Waals surface area contributed by atoms with Crippen LogP contribution in [0.15, 0.2) is 72.3 Å². The van der Waals surface area contributed by atoms with E-state index < -0.39 is 8.32 Å². The lowest BCUT2D eigenvalue weighted by molar-refractivity contribution is 0.333. The van der Waals surface area contributed by atoms with Gasteiger partial charge in [-0.1, -0.05) is 105 Å². The van der Waals surface area contributed by atoms with Gasteiger partial charge < -0.3 is 14.6 Å². The maximum Gasteiger partial charge on any atom is 0.261 e. The van der Waals surface area contributed by atoms with Crippen molar-refractivity contribution in [3.05, 3.63) is 72.3 Å². The van der Waals surface area contributed by atoms with E-state index in [1.54, 1.807) is 6.08 Å². The second-order valence-corrected chi connectivity index (χ2v) is 11.9. The molecule has 0 saturated carbocycles. The van der Waals surface area contributed by atoms with E-state index in [1.807, 2.05) is 36.4 Å². The lowest BCUT2D eigenvalue weighted by atomic mass is 10.2. The summed E-state index contributed by atoms with van der Waals surface area (Å²) >= 11 is 0. The van der Waals surface area contributed by atoms with Crippen LogP contribution in [0, 0.1) is 23.7 Å². The molecule has 0 amide bonds. The third kappa shape index (κ3) is 5.70. The highest BCUT2D eigenvalue weighted by atomic mass is 28.4. The zero-order valence-corrected chi connectivity index (χ0v) is 18.3. The Bertz CT molecular complexity index is 881. The van der Waals surface area contributed by atoms with Gasteiger partial charge in [-0.25, -0.2) is 0 Å². The molecule has 150 valence electrons. The van der Waals surface area contributed by atoms with Crippen LogP contribution in [0.4, 0.5) is 0 Å². The van der Waals surface area contributed by atoms with Gasteiger partial charge in [-0.2, -0.15) is 0 Å². The monoisotopic (exact) mass is 404 g/mol. The Morgan fingerprint density at radius 2 is 1.41 bits per heavy atom. The van der Waals surface area contributed by atoms with Crippen molar-refractivity contribution < 1.29 is 14.6 Å². The molecule has 0 heterocycles. The number of aliphatic hydroxyl groups excluding tert-OH is 2. The molecule has 0 aromatic heterocycles. The predicted molar refractivity (Wildman–Crippen MR) is 121 cm³/mol. The third-order valence-electron chi connectivity index (χ3n) is 4.62. The number of hydrogen-bond acceptors (Lipinski definition) is 3. The van der Waals surface area contributed by atoms with Gasteiger partial charge in [-0.3, -0.25) is 0 Å². The van der Waals surface area contributed by atoms with Gasteiger partial charge in [0.1, 0.15) is 13.2 Å². The Labute approximate surface area is 175 Å². The molecule has 2 rings (SSSR count). The number of allylic oxidation sites excluding steroid dienone is 1. The molecule has 3 nitrogen and oxygen atoms in total. The average molecular weight is 405 g/mol. The first-order valence-electron chi connectivity index (χ1n) is 9.58. The molecule has 29 heavy (non-hydrogen) atoms. The summed E-state index contributed by atoms with van der Waals surface area (Å²) in [4.78, 5) is 0. The van der Waals surface area contributed by atoms with Crippen LogP contribution in [0.2, 0.25) is 5.04 Å². The van der Waals surface area contributed by atoms with Crippen LogP contribution in [-0.2, 0) is 4.43 Å². The van der Waals surface area contributed by atoms with Crippen LogP contribution >= 0.6 is 0 Å². The molecule has 2 aromatic rings. The van der Waals surface area contributed by atoms with E-state index in [0.717, 1.165) is 0 Å². The highest BCUT2D eigenvalue weighted by molar-refractivity contribution is 6.99. The van der Waals surface area contributed by atoms with E-state index in [1.165, 1.54) is 10.4 Å². The van der Waals surface area contributed by atoms with Crippen LogP contribution in [0.1, 0.15) is 20.8 Å². The van der Waals surface area contributed by atoms with Crippen molar-refractivity contribution in [2.45, 2.75) is 25.8 Å². The molecule has 2 aromatic carbocycles. The predicted octanol–water partition coefficient (Wildman–Crippen LogP) is 2.48. The SMILES string of the molecule is CC(C)(C)[Si](OC/C(C#CCO)=C/C#CCO)(c1ccccc1)c1ccccc1. The lowest BCUT2D eigenvalue weighted by Gasteiger charge is -2.43. The van der Waals surface area contributed by atoms with Crippen LogP contribution in [0.5, 0.6) is 0 Å². The van der Waals surface area contributed by atoms with Gasteiger partial charge in [0.2, 0.25) is 0 Å². The maximum absolute atomic E-state index is 9.09. The van der Waals surface area contributed by atoms with Gasteiger partial charge in [0.15, 0.2) is 0 Å². The molecule has 4 heteroatoms. The summed E-state index contributed by atoms with van der Waals surface area (Å²) in [5, 5.41) is 20.2. The quantitative estimate of drug-likeness (QED) is 0.595. The topological polar surface area (TPSA) is 49.7 Å². The van der Waals surface area contributed by atoms with Crippen molar-refractivity contribution in [3.8, 4) is 23.7 Å². The maximum atomic E-state index is 9.09. The van der Waals surface area contributed by atoms with Gasteiger partial charge >= 0.3 is 0 Å². The minimum Gasteiger partial charge on any atom is -0.402 e. The highest BCUT2D eigenvalue weighted by Gasteiger charge is 2.50. The van der Waals surface area contributed by atoms with E-state index in [4.69, 9.17) is 14.6 Å². The molecule has 2 N–H and O–H groups in total. The molecular formula is C25H28O3Si. The first-order chi connectivity index (χ1) is 14.0. The fourth-order valence-corrected chi connectivity index (χ4v) is 7.93. The van der Waals surface area contributed by atoms with Gasteiger partial charge in [0, 0.05) is 11.6 Å². The zero-order chi connectivity index (χ0) is 21.2. The fraction of sp³-hybridized carbons (Fsp3) is 0.280. The Morgan fingerprint density at radius 1 is 0.897 bits per heavy atom. The Hall–Kier alpha value is -2.60. The first kappa shape index (κ1) is 22.7. The van der Waals surface area contributed by atoms with Crippen LogP contribution < -0.4 is 10.4 Å². The molecule has 0 atom stereocenters.